The fraction of sp³-hybridized carbons (Fsp3) is 1.00. The van der Waals surface area contributed by atoms with Gasteiger partial charge in [-0.3, -0.25) is 9.11 Å². The molecule has 0 aromatic carbocycles. The number of alkyl halides is 16. The summed E-state index contributed by atoms with van der Waals surface area (Å²) in [6.45, 7) is 0. The summed E-state index contributed by atoms with van der Waals surface area (Å²) in [5.41, 5.74) is 0. The average Bonchev–Trinajstić information content (AvgIpc) is 2.50. The van der Waals surface area contributed by atoms with E-state index in [2.05, 4.69) is 0 Å². The number of hydrogen-bond acceptors (Lipinski definition) is 5. The third kappa shape index (κ3) is 4.29. The molecule has 0 spiro atoms. The van der Waals surface area contributed by atoms with E-state index in [0.717, 1.165) is 4.74 Å². The topological polar surface area (TPSA) is 118 Å². The minimum atomic E-state index is -8.83. The van der Waals surface area contributed by atoms with Crippen LogP contribution in [0.5, 0.6) is 0 Å². The van der Waals surface area contributed by atoms with E-state index in [0.29, 0.717) is 0 Å². The molecule has 2 N–H and O–H groups in total. The Balaban J connectivity index is 6.79. The van der Waals surface area contributed by atoms with E-state index in [1.807, 2.05) is 0 Å². The minimum absolute atomic E-state index is 1.11. The smallest absolute Gasteiger partial charge is 0.281 e. The second kappa shape index (κ2) is 7.58. The second-order valence-corrected chi connectivity index (χ2v) is 8.34. The van der Waals surface area contributed by atoms with Gasteiger partial charge in [0.1, 0.15) is 0 Å². The van der Waals surface area contributed by atoms with Gasteiger partial charge >= 0.3 is 66.7 Å². The van der Waals surface area contributed by atoms with Crippen molar-refractivity contribution in [1.82, 2.24) is 0 Å². The van der Waals surface area contributed by atoms with Gasteiger partial charge in [0.25, 0.3) is 0 Å². The molecule has 0 atom stereocenters. The van der Waals surface area contributed by atoms with Crippen molar-refractivity contribution < 1.29 is 101 Å². The van der Waals surface area contributed by atoms with Crippen LogP contribution in [0.4, 0.5) is 70.2 Å². The molecule has 0 aromatic rings. The SMILES string of the molecule is O=S(=O)(O)C(F)(F)C(F)(F)OC(F)(F)C(F)(F)C(F)(F)C(F)(F)C(F)(F)C(F)(F)S(=O)(=O)O. The summed E-state index contributed by atoms with van der Waals surface area (Å²) >= 11 is 0. The summed E-state index contributed by atoms with van der Waals surface area (Å²) in [6, 6.07) is 0. The highest BCUT2D eigenvalue weighted by atomic mass is 32.2. The first-order valence-corrected chi connectivity index (χ1v) is 9.25. The lowest BCUT2D eigenvalue weighted by Gasteiger charge is -2.40. The predicted molar refractivity (Wildman–Crippen MR) is 63.8 cm³/mol. The first-order chi connectivity index (χ1) is 13.7. The molecule has 25 heteroatoms. The Morgan fingerprint density at radius 2 is 0.697 bits per heavy atom. The van der Waals surface area contributed by atoms with Gasteiger partial charge in [-0.05, 0) is 0 Å². The van der Waals surface area contributed by atoms with Crippen molar-refractivity contribution in [2.75, 3.05) is 0 Å². The van der Waals surface area contributed by atoms with Gasteiger partial charge in [-0.2, -0.15) is 87.1 Å². The lowest BCUT2D eigenvalue weighted by Crippen LogP contribution is -2.72. The molecule has 0 amide bonds. The number of ether oxygens (including phenoxy) is 1. The molecule has 0 aliphatic rings. The van der Waals surface area contributed by atoms with Gasteiger partial charge in [-0.15, -0.1) is 0 Å². The molecule has 0 aliphatic carbocycles. The molecular formula is C8H2F16O7S2. The second-order valence-electron chi connectivity index (χ2n) is 5.42. The van der Waals surface area contributed by atoms with Gasteiger partial charge < -0.3 is 0 Å². The van der Waals surface area contributed by atoms with Crippen molar-refractivity contribution in [2.45, 2.75) is 46.4 Å². The first-order valence-electron chi connectivity index (χ1n) is 6.37. The molecule has 0 aliphatic heterocycles. The van der Waals surface area contributed by atoms with Crippen LogP contribution in [0.3, 0.4) is 0 Å². The number of hydrogen-bond donors (Lipinski definition) is 2. The Labute approximate surface area is 168 Å². The van der Waals surface area contributed by atoms with Crippen LogP contribution in [0.15, 0.2) is 0 Å². The van der Waals surface area contributed by atoms with E-state index in [1.54, 1.807) is 0 Å². The monoisotopic (exact) mass is 578 g/mol. The highest BCUT2D eigenvalue weighted by molar-refractivity contribution is 7.87. The number of rotatable bonds is 10. The lowest BCUT2D eigenvalue weighted by molar-refractivity contribution is -0.498. The van der Waals surface area contributed by atoms with Gasteiger partial charge in [0.2, 0.25) is 0 Å². The molecule has 200 valence electrons. The van der Waals surface area contributed by atoms with Crippen molar-refractivity contribution in [3.05, 3.63) is 0 Å². The summed E-state index contributed by atoms with van der Waals surface area (Å²) in [6.07, 6.45) is -16.0. The van der Waals surface area contributed by atoms with Crippen LogP contribution in [0.2, 0.25) is 0 Å². The highest BCUT2D eigenvalue weighted by Crippen LogP contribution is 2.61. The fourth-order valence-corrected chi connectivity index (χ4v) is 2.15. The molecule has 0 saturated carbocycles. The molecule has 33 heavy (non-hydrogen) atoms. The molecule has 0 aromatic heterocycles. The molecule has 0 heterocycles. The quantitative estimate of drug-likeness (QED) is 0.300. The predicted octanol–water partition coefficient (Wildman–Crippen LogP) is 3.69. The third-order valence-electron chi connectivity index (χ3n) is 3.16. The summed E-state index contributed by atoms with van der Waals surface area (Å²) in [5.74, 6) is -34.7. The summed E-state index contributed by atoms with van der Waals surface area (Å²) in [7, 11) is -15.6. The molecular weight excluding hydrogens is 576 g/mol. The van der Waals surface area contributed by atoms with Crippen molar-refractivity contribution in [1.29, 1.82) is 0 Å². The first kappa shape index (κ1) is 31.7. The lowest BCUT2D eigenvalue weighted by atomic mass is 9.97. The van der Waals surface area contributed by atoms with Crippen LogP contribution in [0.1, 0.15) is 0 Å². The van der Waals surface area contributed by atoms with Gasteiger partial charge in [0, 0.05) is 0 Å². The van der Waals surface area contributed by atoms with E-state index in [4.69, 9.17) is 9.11 Å². The van der Waals surface area contributed by atoms with Crippen LogP contribution in [0, 0.1) is 0 Å². The van der Waals surface area contributed by atoms with Crippen molar-refractivity contribution in [2.24, 2.45) is 0 Å². The van der Waals surface area contributed by atoms with Gasteiger partial charge in [0.05, 0.1) is 0 Å². The third-order valence-corrected chi connectivity index (χ3v) is 4.95. The van der Waals surface area contributed by atoms with Gasteiger partial charge in [-0.1, -0.05) is 0 Å². The Morgan fingerprint density at radius 1 is 0.424 bits per heavy atom. The zero-order valence-corrected chi connectivity index (χ0v) is 15.4. The van der Waals surface area contributed by atoms with E-state index >= 15 is 0 Å². The zero-order valence-electron chi connectivity index (χ0n) is 13.8. The van der Waals surface area contributed by atoms with Crippen LogP contribution >= 0.6 is 0 Å². The molecule has 0 fully saturated rings. The Hall–Kier alpha value is -1.34. The largest absolute Gasteiger partial charge is 0.460 e. The fourth-order valence-electron chi connectivity index (χ4n) is 1.36. The maximum absolute atomic E-state index is 13.2. The maximum Gasteiger partial charge on any atom is 0.460 e. The molecule has 0 bridgehead atoms. The standard InChI is InChI=1S/C8H2F16O7S2/c9-1(10,2(11,12)4(15,16)7(21,22)32(25,26)27)3(13,14)5(17,18)31-6(19,20)8(23,24)33(28,29)30/h(H,25,26,27)(H,28,29,30). The molecule has 7 nitrogen and oxygen atoms in total. The van der Waals surface area contributed by atoms with E-state index < -0.39 is 66.7 Å². The van der Waals surface area contributed by atoms with Gasteiger partial charge in [0.15, 0.2) is 0 Å². The summed E-state index contributed by atoms with van der Waals surface area (Å²) < 4.78 is 265. The van der Waals surface area contributed by atoms with E-state index in [1.165, 1.54) is 0 Å². The Bertz CT molecular complexity index is 969. The van der Waals surface area contributed by atoms with Crippen LogP contribution < -0.4 is 0 Å². The van der Waals surface area contributed by atoms with Crippen LogP contribution in [0.25, 0.3) is 0 Å². The maximum atomic E-state index is 13.2. The molecule has 0 unspecified atom stereocenters. The van der Waals surface area contributed by atoms with E-state index in [-0.39, 0.29) is 0 Å². The normalized spacial score (nSPS) is 16.8. The van der Waals surface area contributed by atoms with E-state index in [9.17, 15) is 87.1 Å². The average molecular weight is 578 g/mol. The molecule has 0 rings (SSSR count). The van der Waals surface area contributed by atoms with Crippen LogP contribution in [-0.4, -0.2) is 72.4 Å². The van der Waals surface area contributed by atoms with Crippen molar-refractivity contribution in [3.8, 4) is 0 Å². The highest BCUT2D eigenvalue weighted by Gasteiger charge is 2.93. The van der Waals surface area contributed by atoms with Gasteiger partial charge in [-0.25, -0.2) is 4.74 Å². The number of halogens is 16. The summed E-state index contributed by atoms with van der Waals surface area (Å²) in [4.78, 5) is 0. The van der Waals surface area contributed by atoms with Crippen LogP contribution in [-0.2, 0) is 25.0 Å². The zero-order chi connectivity index (χ0) is 27.7. The van der Waals surface area contributed by atoms with Crippen molar-refractivity contribution in [3.63, 3.8) is 0 Å². The summed E-state index contributed by atoms with van der Waals surface area (Å²) in [5, 5.41) is -15.3. The Kier molecular flexibility index (Phi) is 7.27. The molecule has 0 saturated heterocycles. The Morgan fingerprint density at radius 3 is 0.970 bits per heavy atom. The molecule has 0 radical (unpaired) electrons. The van der Waals surface area contributed by atoms with Crippen molar-refractivity contribution >= 4 is 20.2 Å². The minimum Gasteiger partial charge on any atom is -0.281 e.